The summed E-state index contributed by atoms with van der Waals surface area (Å²) in [4.78, 5) is 16.4. The zero-order chi connectivity index (χ0) is 20.1. The van der Waals surface area contributed by atoms with Crippen molar-refractivity contribution in [1.82, 2.24) is 30.6 Å². The minimum atomic E-state index is -0.241. The molecule has 0 atom stereocenters. The van der Waals surface area contributed by atoms with Crippen LogP contribution in [-0.4, -0.2) is 32.5 Å². The number of hydrogen-bond donors (Lipinski definition) is 2. The van der Waals surface area contributed by atoms with Gasteiger partial charge >= 0.3 is 6.03 Å². The van der Waals surface area contributed by atoms with Crippen LogP contribution in [0.5, 0.6) is 0 Å². The second-order valence-corrected chi connectivity index (χ2v) is 6.96. The molecule has 0 aliphatic carbocycles. The highest BCUT2D eigenvalue weighted by atomic mass is 16.5. The molecule has 3 rings (SSSR count). The van der Waals surface area contributed by atoms with Crippen LogP contribution in [0, 0.1) is 13.8 Å². The number of hydrogen-bond acceptors (Lipinski definition) is 5. The number of nitrogens with zero attached hydrogens (tertiary/aromatic N) is 4. The standard InChI is InChI=1S/C20H26N6O2/c1-13(2)19-23-18(28-25-19)10-11-21-20(27)22-12-17-14(3)24-26(15(17)4)16-8-6-5-7-9-16/h5-9,13H,10-12H2,1-4H3,(H2,21,22,27). The van der Waals surface area contributed by atoms with Crippen LogP contribution in [0.3, 0.4) is 0 Å². The highest BCUT2D eigenvalue weighted by Gasteiger charge is 2.14. The van der Waals surface area contributed by atoms with Crippen molar-refractivity contribution in [3.05, 3.63) is 59.0 Å². The lowest BCUT2D eigenvalue weighted by Gasteiger charge is -2.08. The zero-order valence-electron chi connectivity index (χ0n) is 16.7. The van der Waals surface area contributed by atoms with Gasteiger partial charge < -0.3 is 15.2 Å². The molecule has 2 aromatic heterocycles. The van der Waals surface area contributed by atoms with E-state index in [0.29, 0.717) is 31.2 Å². The molecule has 0 unspecified atom stereocenters. The third-order valence-corrected chi connectivity index (χ3v) is 4.49. The Bertz CT molecular complexity index is 930. The van der Waals surface area contributed by atoms with Crippen molar-refractivity contribution in [3.8, 4) is 5.69 Å². The molecule has 0 bridgehead atoms. The number of carbonyl (C=O) groups is 1. The molecule has 2 N–H and O–H groups in total. The fraction of sp³-hybridized carbons (Fsp3) is 0.400. The molecule has 3 aromatic rings. The molecule has 0 aliphatic heterocycles. The summed E-state index contributed by atoms with van der Waals surface area (Å²) in [6.45, 7) is 8.79. The van der Waals surface area contributed by atoms with E-state index in [-0.39, 0.29) is 11.9 Å². The van der Waals surface area contributed by atoms with E-state index in [4.69, 9.17) is 4.52 Å². The summed E-state index contributed by atoms with van der Waals surface area (Å²) in [5, 5.41) is 14.2. The number of nitrogens with one attached hydrogen (secondary N) is 2. The molecule has 28 heavy (non-hydrogen) atoms. The monoisotopic (exact) mass is 382 g/mol. The lowest BCUT2D eigenvalue weighted by Crippen LogP contribution is -2.36. The lowest BCUT2D eigenvalue weighted by molar-refractivity contribution is 0.240. The van der Waals surface area contributed by atoms with Crippen LogP contribution in [-0.2, 0) is 13.0 Å². The summed E-state index contributed by atoms with van der Waals surface area (Å²) in [7, 11) is 0. The minimum Gasteiger partial charge on any atom is -0.339 e. The normalized spacial score (nSPS) is 11.0. The molecular weight excluding hydrogens is 356 g/mol. The number of rotatable bonds is 7. The number of aryl methyl sites for hydroxylation is 1. The van der Waals surface area contributed by atoms with Crippen LogP contribution in [0.15, 0.2) is 34.9 Å². The third kappa shape index (κ3) is 4.57. The molecule has 2 amide bonds. The average Bonchev–Trinajstić information content (AvgIpc) is 3.26. The van der Waals surface area contributed by atoms with Crippen molar-refractivity contribution >= 4 is 6.03 Å². The first-order valence-corrected chi connectivity index (χ1v) is 9.40. The highest BCUT2D eigenvalue weighted by molar-refractivity contribution is 5.73. The number of amides is 2. The first-order chi connectivity index (χ1) is 13.5. The van der Waals surface area contributed by atoms with Crippen molar-refractivity contribution < 1.29 is 9.32 Å². The maximum absolute atomic E-state index is 12.1. The van der Waals surface area contributed by atoms with E-state index in [1.165, 1.54) is 0 Å². The Kier molecular flexibility index (Phi) is 6.08. The largest absolute Gasteiger partial charge is 0.339 e. The van der Waals surface area contributed by atoms with E-state index in [2.05, 4.69) is 25.9 Å². The molecule has 1 aromatic carbocycles. The maximum atomic E-state index is 12.1. The van der Waals surface area contributed by atoms with Gasteiger partial charge in [0.2, 0.25) is 5.89 Å². The van der Waals surface area contributed by atoms with Crippen LogP contribution < -0.4 is 10.6 Å². The van der Waals surface area contributed by atoms with Gasteiger partial charge in [0.15, 0.2) is 5.82 Å². The fourth-order valence-corrected chi connectivity index (χ4v) is 2.87. The molecule has 2 heterocycles. The quantitative estimate of drug-likeness (QED) is 0.654. The van der Waals surface area contributed by atoms with Gasteiger partial charge in [-0.2, -0.15) is 10.1 Å². The van der Waals surface area contributed by atoms with Crippen molar-refractivity contribution in [2.75, 3.05) is 6.54 Å². The van der Waals surface area contributed by atoms with Gasteiger partial charge in [-0.3, -0.25) is 0 Å². The van der Waals surface area contributed by atoms with Crippen LogP contribution in [0.25, 0.3) is 5.69 Å². The number of aromatic nitrogens is 4. The van der Waals surface area contributed by atoms with E-state index >= 15 is 0 Å². The van der Waals surface area contributed by atoms with Gasteiger partial charge in [-0.25, -0.2) is 9.48 Å². The minimum absolute atomic E-state index is 0.219. The molecule has 0 fully saturated rings. The molecule has 0 saturated carbocycles. The molecule has 148 valence electrons. The Labute approximate surface area is 164 Å². The second kappa shape index (κ2) is 8.69. The molecular formula is C20H26N6O2. The molecule has 8 nitrogen and oxygen atoms in total. The van der Waals surface area contributed by atoms with Gasteiger partial charge in [-0.1, -0.05) is 37.2 Å². The van der Waals surface area contributed by atoms with Crippen molar-refractivity contribution in [2.45, 2.75) is 46.6 Å². The van der Waals surface area contributed by atoms with E-state index < -0.39 is 0 Å². The lowest BCUT2D eigenvalue weighted by atomic mass is 10.2. The summed E-state index contributed by atoms with van der Waals surface area (Å²) in [5.74, 6) is 1.43. The predicted molar refractivity (Wildman–Crippen MR) is 105 cm³/mol. The van der Waals surface area contributed by atoms with Crippen molar-refractivity contribution in [2.24, 2.45) is 0 Å². The Balaban J connectivity index is 1.51. The number of benzene rings is 1. The summed E-state index contributed by atoms with van der Waals surface area (Å²) < 4.78 is 7.06. The van der Waals surface area contributed by atoms with Crippen LogP contribution in [0.1, 0.15) is 48.4 Å². The van der Waals surface area contributed by atoms with E-state index in [0.717, 1.165) is 22.6 Å². The van der Waals surface area contributed by atoms with E-state index in [1.54, 1.807) is 0 Å². The molecule has 0 saturated heterocycles. The fourth-order valence-electron chi connectivity index (χ4n) is 2.87. The number of carbonyl (C=O) groups excluding carboxylic acids is 1. The second-order valence-electron chi connectivity index (χ2n) is 6.96. The van der Waals surface area contributed by atoms with Crippen LogP contribution in [0.4, 0.5) is 4.79 Å². The zero-order valence-corrected chi connectivity index (χ0v) is 16.7. The number of para-hydroxylation sites is 1. The van der Waals surface area contributed by atoms with E-state index in [9.17, 15) is 4.79 Å². The van der Waals surface area contributed by atoms with Gasteiger partial charge in [0, 0.05) is 36.7 Å². The maximum Gasteiger partial charge on any atom is 0.315 e. The predicted octanol–water partition coefficient (Wildman–Crippen LogP) is 3.04. The Morgan fingerprint density at radius 3 is 2.61 bits per heavy atom. The summed E-state index contributed by atoms with van der Waals surface area (Å²) in [6, 6.07) is 9.70. The van der Waals surface area contributed by atoms with Gasteiger partial charge in [0.1, 0.15) is 0 Å². The Morgan fingerprint density at radius 1 is 1.18 bits per heavy atom. The first-order valence-electron chi connectivity index (χ1n) is 9.40. The molecule has 0 spiro atoms. The molecule has 0 aliphatic rings. The van der Waals surface area contributed by atoms with Gasteiger partial charge in [-0.05, 0) is 26.0 Å². The smallest absolute Gasteiger partial charge is 0.315 e. The molecule has 8 heteroatoms. The van der Waals surface area contributed by atoms with Crippen LogP contribution >= 0.6 is 0 Å². The Morgan fingerprint density at radius 2 is 1.93 bits per heavy atom. The third-order valence-electron chi connectivity index (χ3n) is 4.49. The topological polar surface area (TPSA) is 97.9 Å². The van der Waals surface area contributed by atoms with Gasteiger partial charge in [-0.15, -0.1) is 0 Å². The number of urea groups is 1. The highest BCUT2D eigenvalue weighted by Crippen LogP contribution is 2.17. The van der Waals surface area contributed by atoms with Crippen LogP contribution in [0.2, 0.25) is 0 Å². The van der Waals surface area contributed by atoms with E-state index in [1.807, 2.05) is 62.7 Å². The first kappa shape index (κ1) is 19.6. The van der Waals surface area contributed by atoms with Crippen molar-refractivity contribution in [1.29, 1.82) is 0 Å². The molecule has 0 radical (unpaired) electrons. The SMILES string of the molecule is Cc1nn(-c2ccccc2)c(C)c1CNC(=O)NCCc1nc(C(C)C)no1. The summed E-state index contributed by atoms with van der Waals surface area (Å²) >= 11 is 0. The van der Waals surface area contributed by atoms with Gasteiger partial charge in [0.05, 0.1) is 11.4 Å². The summed E-state index contributed by atoms with van der Waals surface area (Å²) in [6.07, 6.45) is 0.497. The van der Waals surface area contributed by atoms with Gasteiger partial charge in [0.25, 0.3) is 0 Å². The van der Waals surface area contributed by atoms with Crippen molar-refractivity contribution in [3.63, 3.8) is 0 Å². The average molecular weight is 382 g/mol. The Hall–Kier alpha value is -3.16. The summed E-state index contributed by atoms with van der Waals surface area (Å²) in [5.41, 5.74) is 3.92.